The van der Waals surface area contributed by atoms with E-state index >= 15 is 0 Å². The summed E-state index contributed by atoms with van der Waals surface area (Å²) in [7, 11) is 0. The molecule has 0 aliphatic carbocycles. The summed E-state index contributed by atoms with van der Waals surface area (Å²) in [6.45, 7) is 1.20. The Hall–Kier alpha value is -1.30. The first-order valence-corrected chi connectivity index (χ1v) is 2.33. The quantitative estimate of drug-likeness (QED) is 0.361. The molecule has 0 aliphatic rings. The van der Waals surface area contributed by atoms with Crippen molar-refractivity contribution in [2.24, 2.45) is 11.5 Å². The van der Waals surface area contributed by atoms with Crippen LogP contribution in [0.1, 0.15) is 6.92 Å². The molecule has 0 heterocycles. The fourth-order valence-corrected chi connectivity index (χ4v) is 0. The molecule has 6 heteroatoms. The average molecular weight is 150 g/mol. The molecule has 2 amide bonds. The Balaban J connectivity index is 0. The Kier molecular flexibility index (Phi) is 6.70. The van der Waals surface area contributed by atoms with Gasteiger partial charge in [0.2, 0.25) is 0 Å². The topological polar surface area (TPSA) is 127 Å². The van der Waals surface area contributed by atoms with Crippen molar-refractivity contribution < 1.29 is 19.8 Å². The number of aliphatic carboxylic acids is 1. The molecule has 0 fully saturated rings. The third-order valence-electron chi connectivity index (χ3n) is 0.357. The molecule has 0 saturated heterocycles. The summed E-state index contributed by atoms with van der Waals surface area (Å²) < 4.78 is 0. The first-order chi connectivity index (χ1) is 4.37. The summed E-state index contributed by atoms with van der Waals surface area (Å²) in [5, 5.41) is 15.8. The molecule has 0 aromatic rings. The number of primary amides is 2. The van der Waals surface area contributed by atoms with E-state index in [0.29, 0.717) is 0 Å². The van der Waals surface area contributed by atoms with Crippen molar-refractivity contribution >= 4 is 12.0 Å². The Morgan fingerprint density at radius 3 is 1.50 bits per heavy atom. The van der Waals surface area contributed by atoms with Crippen LogP contribution < -0.4 is 11.5 Å². The molecule has 10 heavy (non-hydrogen) atoms. The monoisotopic (exact) mass is 150 g/mol. The van der Waals surface area contributed by atoms with Gasteiger partial charge in [-0.15, -0.1) is 0 Å². The lowest BCUT2D eigenvalue weighted by molar-refractivity contribution is -0.145. The number of carbonyl (C=O) groups is 2. The molecule has 0 spiro atoms. The van der Waals surface area contributed by atoms with Gasteiger partial charge in [0, 0.05) is 0 Å². The first kappa shape index (κ1) is 11.5. The summed E-state index contributed by atoms with van der Waals surface area (Å²) in [6, 6.07) is -0.833. The fraction of sp³-hybridized carbons (Fsp3) is 0.500. The van der Waals surface area contributed by atoms with E-state index in [0.717, 1.165) is 0 Å². The van der Waals surface area contributed by atoms with E-state index in [1.165, 1.54) is 6.92 Å². The predicted octanol–water partition coefficient (Wildman–Crippen LogP) is -1.52. The van der Waals surface area contributed by atoms with E-state index in [9.17, 15) is 4.79 Å². The normalized spacial score (nSPS) is 10.6. The highest BCUT2D eigenvalue weighted by molar-refractivity contribution is 5.71. The van der Waals surface area contributed by atoms with Crippen molar-refractivity contribution in [2.75, 3.05) is 0 Å². The van der Waals surface area contributed by atoms with Gasteiger partial charge in [-0.2, -0.15) is 0 Å². The summed E-state index contributed by atoms with van der Waals surface area (Å²) in [4.78, 5) is 18.4. The molecule has 0 bridgehead atoms. The van der Waals surface area contributed by atoms with Gasteiger partial charge < -0.3 is 21.7 Å². The highest BCUT2D eigenvalue weighted by Crippen LogP contribution is 1.73. The molecule has 0 radical (unpaired) electrons. The van der Waals surface area contributed by atoms with E-state index in [1.54, 1.807) is 0 Å². The number of hydrogen-bond acceptors (Lipinski definition) is 3. The molecule has 0 saturated carbocycles. The third-order valence-corrected chi connectivity index (χ3v) is 0.357. The van der Waals surface area contributed by atoms with Gasteiger partial charge in [0.25, 0.3) is 0 Å². The smallest absolute Gasteiger partial charge is 0.332 e. The largest absolute Gasteiger partial charge is 0.479 e. The number of amides is 2. The highest BCUT2D eigenvalue weighted by Gasteiger charge is 2.01. The molecule has 0 rings (SSSR count). The standard InChI is InChI=1S/C3H6O3.CH4N2O/c1-2(4)3(5)6;2-1(3)4/h2,4H,1H3,(H,5,6);(H4,2,3,4)/t2-;/m0./s1. The maximum Gasteiger partial charge on any atom is 0.332 e. The van der Waals surface area contributed by atoms with Crippen LogP contribution in [0.3, 0.4) is 0 Å². The van der Waals surface area contributed by atoms with Gasteiger partial charge in [-0.25, -0.2) is 9.59 Å². The number of urea groups is 1. The SMILES string of the molecule is C[C@H](O)C(=O)O.NC(N)=O. The molecule has 0 aromatic heterocycles. The number of carbonyl (C=O) groups excluding carboxylic acids is 1. The van der Waals surface area contributed by atoms with Crippen LogP contribution in [0.15, 0.2) is 0 Å². The van der Waals surface area contributed by atoms with Crippen LogP contribution in [-0.2, 0) is 4.79 Å². The minimum Gasteiger partial charge on any atom is -0.479 e. The number of nitrogens with two attached hydrogens (primary N) is 2. The average Bonchev–Trinajstić information content (AvgIpc) is 1.63. The zero-order valence-corrected chi connectivity index (χ0v) is 5.44. The van der Waals surface area contributed by atoms with Gasteiger partial charge in [0.15, 0.2) is 0 Å². The second-order valence-electron chi connectivity index (χ2n) is 1.42. The van der Waals surface area contributed by atoms with Gasteiger partial charge in [-0.3, -0.25) is 0 Å². The Labute approximate surface area is 57.4 Å². The van der Waals surface area contributed by atoms with Crippen LogP contribution in [0.4, 0.5) is 4.79 Å². The number of aliphatic hydroxyl groups excluding tert-OH is 1. The summed E-state index contributed by atoms with van der Waals surface area (Å²) in [6.07, 6.45) is -1.23. The Morgan fingerprint density at radius 1 is 1.40 bits per heavy atom. The van der Waals surface area contributed by atoms with E-state index in [4.69, 9.17) is 15.0 Å². The number of aliphatic hydroxyl groups is 1. The lowest BCUT2D eigenvalue weighted by Crippen LogP contribution is -2.18. The van der Waals surface area contributed by atoms with Crippen molar-refractivity contribution in [3.63, 3.8) is 0 Å². The van der Waals surface area contributed by atoms with Crippen LogP contribution in [0.25, 0.3) is 0 Å². The van der Waals surface area contributed by atoms with Crippen LogP contribution in [0, 0.1) is 0 Å². The molecular formula is C4H10N2O4. The molecular weight excluding hydrogens is 140 g/mol. The molecule has 0 unspecified atom stereocenters. The highest BCUT2D eigenvalue weighted by atomic mass is 16.4. The maximum absolute atomic E-state index is 9.45. The van der Waals surface area contributed by atoms with Gasteiger partial charge in [-0.1, -0.05) is 0 Å². The van der Waals surface area contributed by atoms with Crippen molar-refractivity contribution in [1.82, 2.24) is 0 Å². The van der Waals surface area contributed by atoms with E-state index in [2.05, 4.69) is 11.5 Å². The summed E-state index contributed by atoms with van der Waals surface area (Å²) in [5.74, 6) is -1.19. The number of carboxylic acids is 1. The van der Waals surface area contributed by atoms with E-state index in [-0.39, 0.29) is 0 Å². The molecule has 0 aliphatic heterocycles. The third kappa shape index (κ3) is 29.9. The van der Waals surface area contributed by atoms with Gasteiger partial charge in [-0.05, 0) is 6.92 Å². The lowest BCUT2D eigenvalue weighted by Gasteiger charge is -1.89. The molecule has 1 atom stereocenters. The number of hydrogen-bond donors (Lipinski definition) is 4. The zero-order chi connectivity index (χ0) is 8.73. The Bertz CT molecular complexity index is 118. The van der Waals surface area contributed by atoms with Crippen molar-refractivity contribution in [1.29, 1.82) is 0 Å². The van der Waals surface area contributed by atoms with Crippen LogP contribution >= 0.6 is 0 Å². The summed E-state index contributed by atoms with van der Waals surface area (Å²) >= 11 is 0. The van der Waals surface area contributed by atoms with E-state index in [1.807, 2.05) is 0 Å². The minimum absolute atomic E-state index is 0.833. The summed E-state index contributed by atoms with van der Waals surface area (Å²) in [5.41, 5.74) is 8.50. The molecule has 60 valence electrons. The fourth-order valence-electron chi connectivity index (χ4n) is 0. The Morgan fingerprint density at radius 2 is 1.50 bits per heavy atom. The number of carboxylic acid groups (broad SMARTS) is 1. The first-order valence-electron chi connectivity index (χ1n) is 2.33. The van der Waals surface area contributed by atoms with Crippen molar-refractivity contribution in [3.8, 4) is 0 Å². The van der Waals surface area contributed by atoms with Crippen LogP contribution in [0.2, 0.25) is 0 Å². The van der Waals surface area contributed by atoms with Crippen LogP contribution in [-0.4, -0.2) is 28.3 Å². The van der Waals surface area contributed by atoms with Crippen molar-refractivity contribution in [3.05, 3.63) is 0 Å². The second kappa shape index (κ2) is 5.83. The second-order valence-corrected chi connectivity index (χ2v) is 1.42. The molecule has 0 aromatic carbocycles. The molecule has 6 N–H and O–H groups in total. The van der Waals surface area contributed by atoms with Gasteiger partial charge >= 0.3 is 12.0 Å². The predicted molar refractivity (Wildman–Crippen MR) is 33.1 cm³/mol. The molecule has 6 nitrogen and oxygen atoms in total. The van der Waals surface area contributed by atoms with Crippen LogP contribution in [0.5, 0.6) is 0 Å². The lowest BCUT2D eigenvalue weighted by atomic mass is 10.4. The number of rotatable bonds is 1. The van der Waals surface area contributed by atoms with Gasteiger partial charge in [0.05, 0.1) is 0 Å². The van der Waals surface area contributed by atoms with Gasteiger partial charge in [0.1, 0.15) is 6.10 Å². The zero-order valence-electron chi connectivity index (χ0n) is 5.44. The minimum atomic E-state index is -1.23. The van der Waals surface area contributed by atoms with Crippen molar-refractivity contribution in [2.45, 2.75) is 13.0 Å². The maximum atomic E-state index is 9.45. The van der Waals surface area contributed by atoms with E-state index < -0.39 is 18.1 Å².